The molecule has 1 aromatic carbocycles. The van der Waals surface area contributed by atoms with Crippen molar-refractivity contribution < 1.29 is 13.2 Å². The molecule has 0 aliphatic carbocycles. The highest BCUT2D eigenvalue weighted by Crippen LogP contribution is 2.25. The number of hydrogen-bond acceptors (Lipinski definition) is 4. The third kappa shape index (κ3) is 7.57. The normalized spacial score (nSPS) is 14.4. The van der Waals surface area contributed by atoms with Gasteiger partial charge in [0.15, 0.2) is 9.84 Å². The lowest BCUT2D eigenvalue weighted by Gasteiger charge is -2.23. The van der Waals surface area contributed by atoms with Gasteiger partial charge in [-0.1, -0.05) is 52.0 Å². The lowest BCUT2D eigenvalue weighted by molar-refractivity contribution is -0.117. The number of benzene rings is 1. The molecule has 0 bridgehead atoms. The van der Waals surface area contributed by atoms with Gasteiger partial charge in [-0.3, -0.25) is 4.79 Å². The van der Waals surface area contributed by atoms with E-state index in [2.05, 4.69) is 57.3 Å². The minimum Gasteiger partial charge on any atom is -0.370 e. The van der Waals surface area contributed by atoms with Crippen molar-refractivity contribution in [3.63, 3.8) is 0 Å². The SMILES string of the molecule is CC[C@H](C)c1ccc([C@H](NCCS(=O)(=O)CCC(N)=O)C(C)C)cc1. The molecule has 6 heteroatoms. The van der Waals surface area contributed by atoms with Gasteiger partial charge in [0, 0.05) is 19.0 Å². The summed E-state index contributed by atoms with van der Waals surface area (Å²) in [7, 11) is -3.26. The fourth-order valence-electron chi connectivity index (χ4n) is 2.73. The van der Waals surface area contributed by atoms with Crippen molar-refractivity contribution in [2.24, 2.45) is 11.7 Å². The van der Waals surface area contributed by atoms with Crippen molar-refractivity contribution in [3.05, 3.63) is 35.4 Å². The molecule has 1 rings (SSSR count). The third-order valence-corrected chi connectivity index (χ3v) is 6.23. The van der Waals surface area contributed by atoms with Gasteiger partial charge in [-0.05, 0) is 29.4 Å². The minimum atomic E-state index is -3.26. The zero-order valence-corrected chi connectivity index (χ0v) is 16.6. The lowest BCUT2D eigenvalue weighted by atomic mass is 9.92. The van der Waals surface area contributed by atoms with Gasteiger partial charge in [-0.25, -0.2) is 8.42 Å². The fourth-order valence-corrected chi connectivity index (χ4v) is 3.88. The number of nitrogens with two attached hydrogens (primary N) is 1. The van der Waals surface area contributed by atoms with Crippen LogP contribution in [0.3, 0.4) is 0 Å². The van der Waals surface area contributed by atoms with E-state index in [1.54, 1.807) is 0 Å². The summed E-state index contributed by atoms with van der Waals surface area (Å²) < 4.78 is 23.9. The van der Waals surface area contributed by atoms with Gasteiger partial charge in [0.05, 0.1) is 11.5 Å². The molecule has 0 fully saturated rings. The van der Waals surface area contributed by atoms with Crippen molar-refractivity contribution >= 4 is 15.7 Å². The maximum Gasteiger partial charge on any atom is 0.218 e. The van der Waals surface area contributed by atoms with Crippen molar-refractivity contribution in [1.82, 2.24) is 5.32 Å². The second-order valence-electron chi connectivity index (χ2n) is 7.02. The van der Waals surface area contributed by atoms with Crippen molar-refractivity contribution in [3.8, 4) is 0 Å². The third-order valence-electron chi connectivity index (χ3n) is 4.58. The van der Waals surface area contributed by atoms with Gasteiger partial charge < -0.3 is 11.1 Å². The smallest absolute Gasteiger partial charge is 0.218 e. The van der Waals surface area contributed by atoms with E-state index in [0.29, 0.717) is 18.4 Å². The second kappa shape index (κ2) is 9.92. The molecule has 0 saturated carbocycles. The molecule has 3 N–H and O–H groups in total. The summed E-state index contributed by atoms with van der Waals surface area (Å²) in [5.74, 6) is 0.115. The highest BCUT2D eigenvalue weighted by atomic mass is 32.2. The van der Waals surface area contributed by atoms with E-state index in [9.17, 15) is 13.2 Å². The number of amides is 1. The Bertz CT molecular complexity index is 639. The van der Waals surface area contributed by atoms with Gasteiger partial charge in [0.1, 0.15) is 0 Å². The van der Waals surface area contributed by atoms with Crippen LogP contribution in [-0.2, 0) is 14.6 Å². The number of carbonyl (C=O) groups excluding carboxylic acids is 1. The van der Waals surface area contributed by atoms with Crippen LogP contribution in [-0.4, -0.2) is 32.4 Å². The average Bonchev–Trinajstić information content (AvgIpc) is 2.56. The Kier molecular flexibility index (Phi) is 8.59. The van der Waals surface area contributed by atoms with Crippen LogP contribution in [0.4, 0.5) is 0 Å². The fraction of sp³-hybridized carbons (Fsp3) is 0.632. The Balaban J connectivity index is 2.67. The van der Waals surface area contributed by atoms with E-state index in [1.165, 1.54) is 5.56 Å². The molecule has 1 amide bonds. The first-order valence-corrected chi connectivity index (χ1v) is 10.8. The molecule has 0 aliphatic rings. The van der Waals surface area contributed by atoms with E-state index in [-0.39, 0.29) is 24.0 Å². The van der Waals surface area contributed by atoms with E-state index >= 15 is 0 Å². The molecule has 1 aromatic rings. The van der Waals surface area contributed by atoms with Gasteiger partial charge in [0.2, 0.25) is 5.91 Å². The molecular formula is C19H32N2O3S. The summed E-state index contributed by atoms with van der Waals surface area (Å²) in [6.45, 7) is 8.97. The van der Waals surface area contributed by atoms with E-state index in [4.69, 9.17) is 5.73 Å². The maximum atomic E-state index is 11.9. The van der Waals surface area contributed by atoms with Gasteiger partial charge in [-0.15, -0.1) is 0 Å². The topological polar surface area (TPSA) is 89.3 Å². The van der Waals surface area contributed by atoms with Crippen LogP contribution in [0.15, 0.2) is 24.3 Å². The number of hydrogen-bond donors (Lipinski definition) is 2. The Morgan fingerprint density at radius 1 is 1.08 bits per heavy atom. The molecule has 0 heterocycles. The Morgan fingerprint density at radius 2 is 1.64 bits per heavy atom. The molecule has 0 aromatic heterocycles. The molecule has 0 radical (unpaired) electrons. The van der Waals surface area contributed by atoms with E-state index in [1.807, 2.05) is 0 Å². The summed E-state index contributed by atoms with van der Waals surface area (Å²) in [6, 6.07) is 8.66. The van der Waals surface area contributed by atoms with E-state index in [0.717, 1.165) is 12.0 Å². The largest absolute Gasteiger partial charge is 0.370 e. The predicted octanol–water partition coefficient (Wildman–Crippen LogP) is 2.78. The number of rotatable bonds is 11. The molecule has 142 valence electrons. The van der Waals surface area contributed by atoms with Crippen molar-refractivity contribution in [2.75, 3.05) is 18.1 Å². The molecule has 0 aliphatic heterocycles. The monoisotopic (exact) mass is 368 g/mol. The van der Waals surface area contributed by atoms with Gasteiger partial charge >= 0.3 is 0 Å². The molecule has 0 saturated heterocycles. The summed E-state index contributed by atoms with van der Waals surface area (Å²) in [5, 5.41) is 3.35. The Labute approximate surface area is 152 Å². The summed E-state index contributed by atoms with van der Waals surface area (Å²) in [5.41, 5.74) is 7.50. The number of primary amides is 1. The van der Waals surface area contributed by atoms with Gasteiger partial charge in [-0.2, -0.15) is 0 Å². The first kappa shape index (κ1) is 21.6. The molecule has 5 nitrogen and oxygen atoms in total. The number of sulfone groups is 1. The van der Waals surface area contributed by atoms with E-state index < -0.39 is 15.7 Å². The maximum absolute atomic E-state index is 11.9. The molecule has 25 heavy (non-hydrogen) atoms. The molecular weight excluding hydrogens is 336 g/mol. The summed E-state index contributed by atoms with van der Waals surface area (Å²) in [6.07, 6.45) is 0.987. The van der Waals surface area contributed by atoms with Crippen LogP contribution < -0.4 is 11.1 Å². The van der Waals surface area contributed by atoms with Crippen LogP contribution in [0.5, 0.6) is 0 Å². The minimum absolute atomic E-state index is 0.00839. The summed E-state index contributed by atoms with van der Waals surface area (Å²) >= 11 is 0. The molecule has 0 spiro atoms. The van der Waals surface area contributed by atoms with Crippen LogP contribution in [0.25, 0.3) is 0 Å². The number of carbonyl (C=O) groups is 1. The predicted molar refractivity (Wildman–Crippen MR) is 103 cm³/mol. The van der Waals surface area contributed by atoms with Crippen LogP contribution in [0.1, 0.15) is 63.6 Å². The zero-order valence-electron chi connectivity index (χ0n) is 15.8. The Hall–Kier alpha value is -1.40. The quantitative estimate of drug-likeness (QED) is 0.628. The summed E-state index contributed by atoms with van der Waals surface area (Å²) in [4.78, 5) is 10.7. The van der Waals surface area contributed by atoms with Crippen molar-refractivity contribution in [2.45, 2.75) is 52.5 Å². The van der Waals surface area contributed by atoms with Crippen LogP contribution in [0, 0.1) is 5.92 Å². The standard InChI is InChI=1S/C19H32N2O3S/c1-5-15(4)16-6-8-17(9-7-16)19(14(2)3)21-11-13-25(23,24)12-10-18(20)22/h6-9,14-15,19,21H,5,10-13H2,1-4H3,(H2,20,22)/t15-,19+/m0/s1. The van der Waals surface area contributed by atoms with Crippen LogP contribution >= 0.6 is 0 Å². The van der Waals surface area contributed by atoms with Crippen molar-refractivity contribution in [1.29, 1.82) is 0 Å². The number of nitrogens with one attached hydrogen (secondary N) is 1. The second-order valence-corrected chi connectivity index (χ2v) is 9.32. The molecule has 0 unspecified atom stereocenters. The van der Waals surface area contributed by atoms with Gasteiger partial charge in [0.25, 0.3) is 0 Å². The Morgan fingerprint density at radius 3 is 2.12 bits per heavy atom. The molecule has 2 atom stereocenters. The lowest BCUT2D eigenvalue weighted by Crippen LogP contribution is -2.31. The first-order valence-electron chi connectivity index (χ1n) is 8.98. The first-order chi connectivity index (χ1) is 11.7. The highest BCUT2D eigenvalue weighted by Gasteiger charge is 2.18. The zero-order chi connectivity index (χ0) is 19.0. The highest BCUT2D eigenvalue weighted by molar-refractivity contribution is 7.91. The van der Waals surface area contributed by atoms with Crippen LogP contribution in [0.2, 0.25) is 0 Å². The average molecular weight is 369 g/mol.